The molecule has 2 N–H and O–H groups in total. The van der Waals surface area contributed by atoms with Gasteiger partial charge in [0.05, 0.1) is 18.4 Å². The summed E-state index contributed by atoms with van der Waals surface area (Å²) in [5.41, 5.74) is 0.753. The lowest BCUT2D eigenvalue weighted by molar-refractivity contribution is -0.287. The molecule has 1 amide bonds. The molecule has 5 atom stereocenters. The highest BCUT2D eigenvalue weighted by molar-refractivity contribution is 6.00. The Bertz CT molecular complexity index is 1340. The second kappa shape index (κ2) is 13.4. The Morgan fingerprint density at radius 1 is 0.732 bits per heavy atom. The zero-order valence-corrected chi connectivity index (χ0v) is 22.4. The number of carbonyl (C=O) groups is 6. The maximum absolute atomic E-state index is 13.1. The lowest BCUT2D eigenvalue weighted by Crippen LogP contribution is -2.64. The summed E-state index contributed by atoms with van der Waals surface area (Å²) >= 11 is 0. The molecular formula is C27H27NO13. The van der Waals surface area contributed by atoms with Crippen LogP contribution in [0.25, 0.3) is 11.1 Å². The number of nitrogens with one attached hydrogen (secondary N) is 1. The average Bonchev–Trinajstić information content (AvgIpc) is 2.90. The molecule has 1 aliphatic heterocycles. The Morgan fingerprint density at radius 3 is 1.85 bits per heavy atom. The number of carbonyl (C=O) groups excluding carboxylic acids is 5. The van der Waals surface area contributed by atoms with Crippen LogP contribution < -0.4 is 5.32 Å². The molecule has 1 saturated heterocycles. The predicted octanol–water partition coefficient (Wildman–Crippen LogP) is 2.29. The fourth-order valence-electron chi connectivity index (χ4n) is 4.15. The van der Waals surface area contributed by atoms with Crippen molar-refractivity contribution in [1.29, 1.82) is 0 Å². The predicted molar refractivity (Wildman–Crippen MR) is 136 cm³/mol. The Labute approximate surface area is 233 Å². The van der Waals surface area contributed by atoms with E-state index in [4.69, 9.17) is 28.4 Å². The van der Waals surface area contributed by atoms with Gasteiger partial charge in [-0.25, -0.2) is 14.4 Å². The van der Waals surface area contributed by atoms with Crippen LogP contribution in [0.5, 0.6) is 0 Å². The van der Waals surface area contributed by atoms with Crippen molar-refractivity contribution < 1.29 is 62.3 Å². The SMILES string of the molecule is COC(=O)C1O[C@@H](OC(=O)Nc2ccccc2-c2ccccc2C(=O)O)[C@@H](OC(C)=O)C(OC(C)=O)[C@@H]1OC(C)=O. The lowest BCUT2D eigenvalue weighted by Gasteiger charge is -2.42. The summed E-state index contributed by atoms with van der Waals surface area (Å²) in [7, 11) is 1.02. The van der Waals surface area contributed by atoms with E-state index in [0.717, 1.165) is 27.9 Å². The first-order valence-corrected chi connectivity index (χ1v) is 12.1. The van der Waals surface area contributed by atoms with E-state index in [-0.39, 0.29) is 11.3 Å². The minimum absolute atomic E-state index is 0.0256. The Balaban J connectivity index is 1.97. The molecule has 0 saturated carbocycles. The highest BCUT2D eigenvalue weighted by atomic mass is 16.8. The highest BCUT2D eigenvalue weighted by Crippen LogP contribution is 2.33. The average molecular weight is 574 g/mol. The van der Waals surface area contributed by atoms with Gasteiger partial charge in [0.15, 0.2) is 18.3 Å². The quantitative estimate of drug-likeness (QED) is 0.346. The number of benzene rings is 2. The third-order valence-electron chi connectivity index (χ3n) is 5.67. The van der Waals surface area contributed by atoms with E-state index in [1.54, 1.807) is 36.4 Å². The van der Waals surface area contributed by atoms with Gasteiger partial charge >= 0.3 is 35.9 Å². The van der Waals surface area contributed by atoms with Crippen LogP contribution >= 0.6 is 0 Å². The van der Waals surface area contributed by atoms with Gasteiger partial charge in [-0.1, -0.05) is 36.4 Å². The summed E-state index contributed by atoms with van der Waals surface area (Å²) in [5.74, 6) is -4.95. The number of carboxylic acids is 1. The second-order valence-corrected chi connectivity index (χ2v) is 8.60. The van der Waals surface area contributed by atoms with Crippen LogP contribution in [0, 0.1) is 0 Å². The van der Waals surface area contributed by atoms with Crippen LogP contribution in [0.3, 0.4) is 0 Å². The van der Waals surface area contributed by atoms with Gasteiger partial charge < -0.3 is 33.5 Å². The van der Waals surface area contributed by atoms with Crippen molar-refractivity contribution in [2.45, 2.75) is 51.5 Å². The van der Waals surface area contributed by atoms with Crippen LogP contribution in [0.1, 0.15) is 31.1 Å². The van der Waals surface area contributed by atoms with Crippen molar-refractivity contribution in [1.82, 2.24) is 0 Å². The minimum atomic E-state index is -1.86. The van der Waals surface area contributed by atoms with Gasteiger partial charge in [0.2, 0.25) is 12.4 Å². The van der Waals surface area contributed by atoms with E-state index < -0.39 is 66.6 Å². The molecule has 0 radical (unpaired) electrons. The lowest BCUT2D eigenvalue weighted by atomic mass is 9.97. The van der Waals surface area contributed by atoms with Gasteiger partial charge in [-0.15, -0.1) is 0 Å². The topological polar surface area (TPSA) is 190 Å². The van der Waals surface area contributed by atoms with Gasteiger partial charge in [0.25, 0.3) is 0 Å². The maximum atomic E-state index is 13.1. The second-order valence-electron chi connectivity index (χ2n) is 8.60. The van der Waals surface area contributed by atoms with Gasteiger partial charge in [-0.05, 0) is 17.7 Å². The first-order valence-electron chi connectivity index (χ1n) is 12.1. The molecule has 0 bridgehead atoms. The van der Waals surface area contributed by atoms with Gasteiger partial charge in [-0.3, -0.25) is 19.7 Å². The standard InChI is InChI=1S/C27H27NO13/c1-13(29)37-20-21(38-14(2)30)23(39-15(3)31)26(40-22(20)25(34)36-4)41-27(35)28-19-12-8-7-10-17(19)16-9-5-6-11-18(16)24(32)33/h5-12,20-23,26H,1-4H3,(H,28,35)(H,32,33)/t20-,21?,22?,23-,26-/m0/s1. The van der Waals surface area contributed by atoms with E-state index >= 15 is 0 Å². The number of hydrogen-bond donors (Lipinski definition) is 2. The molecule has 2 unspecified atom stereocenters. The first kappa shape index (κ1) is 30.6. The molecule has 0 aliphatic carbocycles. The fraction of sp³-hybridized carbons (Fsp3) is 0.333. The summed E-state index contributed by atoms with van der Waals surface area (Å²) in [6.45, 7) is 3.06. The molecule has 3 rings (SSSR count). The first-order chi connectivity index (χ1) is 19.4. The molecule has 14 nitrogen and oxygen atoms in total. The monoisotopic (exact) mass is 573 g/mol. The number of esters is 4. The molecule has 1 aliphatic rings. The van der Waals surface area contributed by atoms with Crippen LogP contribution in [-0.2, 0) is 47.6 Å². The normalized spacial score (nSPS) is 21.5. The number of hydrogen-bond acceptors (Lipinski definition) is 12. The highest BCUT2D eigenvalue weighted by Gasteiger charge is 2.56. The van der Waals surface area contributed by atoms with E-state index in [2.05, 4.69) is 5.32 Å². The summed E-state index contributed by atoms with van der Waals surface area (Å²) in [6, 6.07) is 12.4. The van der Waals surface area contributed by atoms with Crippen molar-refractivity contribution in [3.63, 3.8) is 0 Å². The Kier molecular flexibility index (Phi) is 9.98. The van der Waals surface area contributed by atoms with Gasteiger partial charge in [0.1, 0.15) is 0 Å². The number of amides is 1. The van der Waals surface area contributed by atoms with Crippen molar-refractivity contribution in [2.24, 2.45) is 0 Å². The number of ether oxygens (including phenoxy) is 6. The Hall–Kier alpha value is -4.98. The molecule has 41 heavy (non-hydrogen) atoms. The maximum Gasteiger partial charge on any atom is 0.414 e. The van der Waals surface area contributed by atoms with Gasteiger partial charge in [0, 0.05) is 26.3 Å². The van der Waals surface area contributed by atoms with Crippen LogP contribution in [0.15, 0.2) is 48.5 Å². The summed E-state index contributed by atoms with van der Waals surface area (Å²) in [6.07, 6.45) is -9.76. The van der Waals surface area contributed by atoms with E-state index in [1.807, 2.05) is 0 Å². The van der Waals surface area contributed by atoms with Crippen molar-refractivity contribution in [2.75, 3.05) is 12.4 Å². The molecular weight excluding hydrogens is 546 g/mol. The molecule has 2 aromatic carbocycles. The Morgan fingerprint density at radius 2 is 1.27 bits per heavy atom. The number of rotatable bonds is 8. The fourth-order valence-corrected chi connectivity index (χ4v) is 4.15. The third kappa shape index (κ3) is 7.57. The molecule has 2 aromatic rings. The van der Waals surface area contributed by atoms with E-state index in [9.17, 15) is 33.9 Å². The molecule has 0 aromatic heterocycles. The van der Waals surface area contributed by atoms with E-state index in [0.29, 0.717) is 11.1 Å². The molecule has 218 valence electrons. The van der Waals surface area contributed by atoms with E-state index in [1.165, 1.54) is 12.1 Å². The zero-order valence-electron chi connectivity index (χ0n) is 22.4. The number of aromatic carboxylic acids is 1. The number of methoxy groups -OCH3 is 1. The largest absolute Gasteiger partial charge is 0.478 e. The van der Waals surface area contributed by atoms with Crippen molar-refractivity contribution in [3.8, 4) is 11.1 Å². The van der Waals surface area contributed by atoms with Crippen molar-refractivity contribution >= 4 is 41.6 Å². The number of carboxylic acid groups (broad SMARTS) is 1. The van der Waals surface area contributed by atoms with Crippen LogP contribution in [-0.4, -0.2) is 78.9 Å². The molecule has 14 heteroatoms. The number of anilines is 1. The van der Waals surface area contributed by atoms with Crippen LogP contribution in [0.2, 0.25) is 0 Å². The molecule has 0 spiro atoms. The molecule has 1 heterocycles. The molecule has 1 fully saturated rings. The van der Waals surface area contributed by atoms with Gasteiger partial charge in [-0.2, -0.15) is 0 Å². The smallest absolute Gasteiger partial charge is 0.414 e. The zero-order chi connectivity index (χ0) is 30.3. The summed E-state index contributed by atoms with van der Waals surface area (Å²) in [4.78, 5) is 73.0. The summed E-state index contributed by atoms with van der Waals surface area (Å²) < 4.78 is 31.3. The third-order valence-corrected chi connectivity index (χ3v) is 5.67. The van der Waals surface area contributed by atoms with Crippen molar-refractivity contribution in [3.05, 3.63) is 54.1 Å². The number of para-hydroxylation sites is 1. The minimum Gasteiger partial charge on any atom is -0.478 e. The summed E-state index contributed by atoms with van der Waals surface area (Å²) in [5, 5.41) is 12.1. The van der Waals surface area contributed by atoms with Crippen LogP contribution in [0.4, 0.5) is 10.5 Å².